The van der Waals surface area contributed by atoms with Crippen molar-refractivity contribution in [3.8, 4) is 0 Å². The maximum atomic E-state index is 12.6. The molecule has 3 atom stereocenters. The predicted molar refractivity (Wildman–Crippen MR) is 82.5 cm³/mol. The fourth-order valence-corrected chi connectivity index (χ4v) is 4.48. The smallest absolute Gasteiger partial charge is 0.264 e. The van der Waals surface area contributed by atoms with Crippen LogP contribution in [0.5, 0.6) is 0 Å². The molecule has 2 aliphatic rings. The number of likely N-dealkylation sites (N-methyl/N-ethyl adjacent to an activating group) is 2. The Morgan fingerprint density at radius 2 is 2.14 bits per heavy atom. The third kappa shape index (κ3) is 2.36. The van der Waals surface area contributed by atoms with E-state index in [4.69, 9.17) is 0 Å². The van der Waals surface area contributed by atoms with Crippen LogP contribution in [0.4, 0.5) is 0 Å². The summed E-state index contributed by atoms with van der Waals surface area (Å²) < 4.78 is 0. The highest BCUT2D eigenvalue weighted by molar-refractivity contribution is 7.12. The summed E-state index contributed by atoms with van der Waals surface area (Å²) in [7, 11) is 3.68. The van der Waals surface area contributed by atoms with E-state index in [9.17, 15) is 9.59 Å². The second-order valence-electron chi connectivity index (χ2n) is 6.00. The molecule has 0 radical (unpaired) electrons. The number of hydrogen-bond donors (Lipinski definition) is 1. The third-order valence-electron chi connectivity index (χ3n) is 4.84. The normalized spacial score (nSPS) is 28.7. The van der Waals surface area contributed by atoms with E-state index < -0.39 is 0 Å². The number of nitrogens with one attached hydrogen (secondary N) is 1. The lowest BCUT2D eigenvalue weighted by molar-refractivity contribution is -0.125. The first-order valence-corrected chi connectivity index (χ1v) is 8.17. The van der Waals surface area contributed by atoms with E-state index in [2.05, 4.69) is 10.2 Å². The number of amides is 2. The second-order valence-corrected chi connectivity index (χ2v) is 6.92. The van der Waals surface area contributed by atoms with Crippen LogP contribution in [0.3, 0.4) is 0 Å². The molecule has 1 N–H and O–H groups in total. The molecule has 21 heavy (non-hydrogen) atoms. The van der Waals surface area contributed by atoms with Crippen molar-refractivity contribution in [1.82, 2.24) is 15.1 Å². The summed E-state index contributed by atoms with van der Waals surface area (Å²) in [6, 6.07) is 2.24. The van der Waals surface area contributed by atoms with Gasteiger partial charge in [-0.15, -0.1) is 11.3 Å². The highest BCUT2D eigenvalue weighted by Gasteiger charge is 2.48. The number of likely N-dealkylation sites (tertiary alicyclic amines) is 2. The van der Waals surface area contributed by atoms with E-state index in [-0.39, 0.29) is 17.9 Å². The molecule has 0 bridgehead atoms. The number of rotatable bonds is 2. The van der Waals surface area contributed by atoms with Crippen molar-refractivity contribution in [3.63, 3.8) is 0 Å². The summed E-state index contributed by atoms with van der Waals surface area (Å²) in [5, 5.41) is 4.70. The zero-order chi connectivity index (χ0) is 15.1. The van der Waals surface area contributed by atoms with Gasteiger partial charge in [0.25, 0.3) is 5.91 Å². The Labute approximate surface area is 128 Å². The summed E-state index contributed by atoms with van der Waals surface area (Å²) in [5.74, 6) is 0.627. The topological polar surface area (TPSA) is 52.7 Å². The van der Waals surface area contributed by atoms with Crippen LogP contribution in [-0.2, 0) is 4.79 Å². The molecule has 1 aromatic heterocycles. The number of hydrogen-bond acceptors (Lipinski definition) is 4. The average molecular weight is 307 g/mol. The van der Waals surface area contributed by atoms with E-state index in [1.54, 1.807) is 7.05 Å². The molecule has 6 heteroatoms. The highest BCUT2D eigenvalue weighted by Crippen LogP contribution is 2.35. The molecule has 0 spiro atoms. The van der Waals surface area contributed by atoms with Gasteiger partial charge in [0.15, 0.2) is 0 Å². The quantitative estimate of drug-likeness (QED) is 0.885. The van der Waals surface area contributed by atoms with E-state index in [1.807, 2.05) is 30.3 Å². The number of carbonyl (C=O) groups excluding carboxylic acids is 2. The van der Waals surface area contributed by atoms with Gasteiger partial charge in [0.05, 0.1) is 10.9 Å². The zero-order valence-corrected chi connectivity index (χ0v) is 13.4. The van der Waals surface area contributed by atoms with Crippen molar-refractivity contribution < 1.29 is 9.59 Å². The second kappa shape index (κ2) is 5.42. The average Bonchev–Trinajstić information content (AvgIpc) is 3.14. The van der Waals surface area contributed by atoms with Crippen LogP contribution in [0.25, 0.3) is 0 Å². The molecule has 2 aliphatic heterocycles. The molecule has 0 saturated carbocycles. The minimum atomic E-state index is -0.0503. The first-order chi connectivity index (χ1) is 10.0. The van der Waals surface area contributed by atoms with Gasteiger partial charge in [-0.2, -0.15) is 0 Å². The van der Waals surface area contributed by atoms with Crippen molar-refractivity contribution in [2.24, 2.45) is 5.92 Å². The van der Waals surface area contributed by atoms with Gasteiger partial charge < -0.3 is 10.2 Å². The van der Waals surface area contributed by atoms with Crippen LogP contribution in [0.2, 0.25) is 0 Å². The maximum Gasteiger partial charge on any atom is 0.264 e. The lowest BCUT2D eigenvalue weighted by Crippen LogP contribution is -2.45. The summed E-state index contributed by atoms with van der Waals surface area (Å²) in [6.45, 7) is 3.47. The summed E-state index contributed by atoms with van der Waals surface area (Å²) in [4.78, 5) is 29.4. The van der Waals surface area contributed by atoms with Crippen LogP contribution in [0.15, 0.2) is 11.4 Å². The Morgan fingerprint density at radius 3 is 2.71 bits per heavy atom. The Kier molecular flexibility index (Phi) is 3.75. The fraction of sp³-hybridized carbons (Fsp3) is 0.600. The van der Waals surface area contributed by atoms with Crippen LogP contribution in [0.1, 0.15) is 21.7 Å². The van der Waals surface area contributed by atoms with E-state index in [1.165, 1.54) is 11.3 Å². The lowest BCUT2D eigenvalue weighted by Gasteiger charge is -2.25. The van der Waals surface area contributed by atoms with Crippen LogP contribution < -0.4 is 5.32 Å². The summed E-state index contributed by atoms with van der Waals surface area (Å²) >= 11 is 1.51. The SMILES string of the molecule is CNC(=O)[C@@H]1C[C@H]2CN(C(=O)c3sccc3C)C[C@H]2N1C. The minimum absolute atomic E-state index is 0.0503. The van der Waals surface area contributed by atoms with E-state index >= 15 is 0 Å². The molecule has 1 aromatic rings. The molecule has 5 nitrogen and oxygen atoms in total. The Bertz CT molecular complexity index is 571. The molecule has 2 saturated heterocycles. The summed E-state index contributed by atoms with van der Waals surface area (Å²) in [5.41, 5.74) is 1.05. The van der Waals surface area contributed by atoms with Gasteiger partial charge in [0.1, 0.15) is 0 Å². The van der Waals surface area contributed by atoms with Crippen LogP contribution >= 0.6 is 11.3 Å². The van der Waals surface area contributed by atoms with Crippen molar-refractivity contribution in [2.45, 2.75) is 25.4 Å². The third-order valence-corrected chi connectivity index (χ3v) is 5.84. The molecular formula is C15H21N3O2S. The largest absolute Gasteiger partial charge is 0.358 e. The fourth-order valence-electron chi connectivity index (χ4n) is 3.59. The minimum Gasteiger partial charge on any atom is -0.358 e. The molecule has 0 aromatic carbocycles. The zero-order valence-electron chi connectivity index (χ0n) is 12.6. The van der Waals surface area contributed by atoms with Gasteiger partial charge >= 0.3 is 0 Å². The molecule has 2 fully saturated rings. The van der Waals surface area contributed by atoms with Gasteiger partial charge in [-0.3, -0.25) is 14.5 Å². The first-order valence-electron chi connectivity index (χ1n) is 7.29. The molecule has 0 aliphatic carbocycles. The van der Waals surface area contributed by atoms with Crippen molar-refractivity contribution >= 4 is 23.2 Å². The molecule has 114 valence electrons. The standard InChI is InChI=1S/C15H21N3O2S/c1-9-4-5-21-13(9)15(20)18-7-10-6-11(14(19)16-2)17(3)12(10)8-18/h4-5,10-12H,6-8H2,1-3H3,(H,16,19)/t10-,11-,12+/m0/s1. The number of fused-ring (bicyclic) bond motifs is 1. The maximum absolute atomic E-state index is 12.6. The highest BCUT2D eigenvalue weighted by atomic mass is 32.1. The Hall–Kier alpha value is -1.40. The van der Waals surface area contributed by atoms with Crippen molar-refractivity contribution in [3.05, 3.63) is 21.9 Å². The van der Waals surface area contributed by atoms with Gasteiger partial charge in [0.2, 0.25) is 5.91 Å². The number of aryl methyl sites for hydroxylation is 1. The molecule has 2 amide bonds. The van der Waals surface area contributed by atoms with E-state index in [0.29, 0.717) is 12.0 Å². The number of nitrogens with zero attached hydrogens (tertiary/aromatic N) is 2. The van der Waals surface area contributed by atoms with E-state index in [0.717, 1.165) is 30.0 Å². The lowest BCUT2D eigenvalue weighted by atomic mass is 10.0. The number of carbonyl (C=O) groups is 2. The van der Waals surface area contributed by atoms with Crippen molar-refractivity contribution in [1.29, 1.82) is 0 Å². The van der Waals surface area contributed by atoms with Gasteiger partial charge in [0, 0.05) is 26.2 Å². The molecule has 3 rings (SSSR count). The van der Waals surface area contributed by atoms with Gasteiger partial charge in [-0.25, -0.2) is 0 Å². The number of thiophene rings is 1. The Morgan fingerprint density at radius 1 is 1.38 bits per heavy atom. The monoisotopic (exact) mass is 307 g/mol. The molecule has 0 unspecified atom stereocenters. The first kappa shape index (κ1) is 14.5. The molecular weight excluding hydrogens is 286 g/mol. The summed E-state index contributed by atoms with van der Waals surface area (Å²) in [6.07, 6.45) is 0.841. The predicted octanol–water partition coefficient (Wildman–Crippen LogP) is 0.947. The molecule has 3 heterocycles. The van der Waals surface area contributed by atoms with Gasteiger partial charge in [-0.1, -0.05) is 0 Å². The Balaban J connectivity index is 1.70. The van der Waals surface area contributed by atoms with Crippen LogP contribution in [0, 0.1) is 12.8 Å². The van der Waals surface area contributed by atoms with Crippen molar-refractivity contribution in [2.75, 3.05) is 27.2 Å². The van der Waals surface area contributed by atoms with Crippen LogP contribution in [-0.4, -0.2) is 60.9 Å². The van der Waals surface area contributed by atoms with Gasteiger partial charge in [-0.05, 0) is 43.3 Å².